The van der Waals surface area contributed by atoms with Gasteiger partial charge in [0.05, 0.1) is 0 Å². The molecule has 0 atom stereocenters. The Bertz CT molecular complexity index is 686. The summed E-state index contributed by atoms with van der Waals surface area (Å²) in [5.74, 6) is 0.506. The van der Waals surface area contributed by atoms with Crippen molar-refractivity contribution in [1.29, 1.82) is 0 Å². The molecule has 1 aliphatic heterocycles. The van der Waals surface area contributed by atoms with Crippen molar-refractivity contribution in [2.45, 2.75) is 26.3 Å². The summed E-state index contributed by atoms with van der Waals surface area (Å²) in [4.78, 5) is 25.5. The molecule has 1 aromatic carbocycles. The summed E-state index contributed by atoms with van der Waals surface area (Å²) in [6.45, 7) is 3.93. The highest BCUT2D eigenvalue weighted by molar-refractivity contribution is 5.95. The van der Waals surface area contributed by atoms with Crippen LogP contribution in [0.3, 0.4) is 0 Å². The minimum Gasteiger partial charge on any atom is -0.339 e. The van der Waals surface area contributed by atoms with Crippen molar-refractivity contribution in [1.82, 2.24) is 14.7 Å². The molecule has 6 nitrogen and oxygen atoms in total. The summed E-state index contributed by atoms with van der Waals surface area (Å²) in [6.07, 6.45) is 5.77. The Hall–Kier alpha value is -2.63. The Morgan fingerprint density at radius 2 is 1.92 bits per heavy atom. The zero-order valence-electron chi connectivity index (χ0n) is 13.8. The van der Waals surface area contributed by atoms with Crippen LogP contribution in [0.1, 0.15) is 30.1 Å². The normalized spacial score (nSPS) is 15.3. The minimum atomic E-state index is -0.117. The van der Waals surface area contributed by atoms with E-state index in [0.717, 1.165) is 32.5 Å². The molecule has 0 radical (unpaired) electrons. The monoisotopic (exact) mass is 326 g/mol. The molecular weight excluding hydrogens is 304 g/mol. The van der Waals surface area contributed by atoms with Gasteiger partial charge < -0.3 is 10.2 Å². The number of hydrogen-bond acceptors (Lipinski definition) is 3. The Balaban J connectivity index is 1.54. The van der Waals surface area contributed by atoms with Crippen LogP contribution in [0, 0.1) is 5.92 Å². The first-order valence-electron chi connectivity index (χ1n) is 8.26. The van der Waals surface area contributed by atoms with Crippen LogP contribution in [-0.2, 0) is 11.3 Å². The number of carbonyl (C=O) groups is 2. The van der Waals surface area contributed by atoms with Gasteiger partial charge in [0.1, 0.15) is 0 Å². The van der Waals surface area contributed by atoms with Gasteiger partial charge in [0.15, 0.2) is 0 Å². The molecule has 1 N–H and O–H groups in total. The average molecular weight is 326 g/mol. The fourth-order valence-electron chi connectivity index (χ4n) is 3.07. The van der Waals surface area contributed by atoms with Gasteiger partial charge >= 0.3 is 0 Å². The van der Waals surface area contributed by atoms with E-state index < -0.39 is 0 Å². The molecule has 1 saturated heterocycles. The van der Waals surface area contributed by atoms with Crippen LogP contribution in [-0.4, -0.2) is 39.6 Å². The standard InChI is InChI=1S/C18H22N4O2/c1-14(23)20-17-5-3-16(4-6-17)18(24)21-11-7-15(8-12-21)13-22-10-2-9-19-22/h2-6,9-10,15H,7-8,11-13H2,1H3,(H,20,23). The van der Waals surface area contributed by atoms with Gasteiger partial charge in [-0.2, -0.15) is 5.10 Å². The molecule has 2 heterocycles. The highest BCUT2D eigenvalue weighted by Gasteiger charge is 2.23. The van der Waals surface area contributed by atoms with Crippen LogP contribution in [0.4, 0.5) is 5.69 Å². The predicted octanol–water partition coefficient (Wildman–Crippen LogP) is 2.39. The summed E-state index contributed by atoms with van der Waals surface area (Å²) < 4.78 is 1.96. The summed E-state index contributed by atoms with van der Waals surface area (Å²) >= 11 is 0. The van der Waals surface area contributed by atoms with Gasteiger partial charge in [-0.3, -0.25) is 14.3 Å². The molecule has 0 bridgehead atoms. The Morgan fingerprint density at radius 3 is 2.50 bits per heavy atom. The quantitative estimate of drug-likeness (QED) is 0.938. The van der Waals surface area contributed by atoms with Crippen molar-refractivity contribution in [2.24, 2.45) is 5.92 Å². The second-order valence-electron chi connectivity index (χ2n) is 6.22. The van der Waals surface area contributed by atoms with Crippen LogP contribution in [0.2, 0.25) is 0 Å². The summed E-state index contributed by atoms with van der Waals surface area (Å²) in [7, 11) is 0. The van der Waals surface area contributed by atoms with E-state index in [4.69, 9.17) is 0 Å². The summed E-state index contributed by atoms with van der Waals surface area (Å²) in [6, 6.07) is 8.99. The third-order valence-corrected chi connectivity index (χ3v) is 4.36. The maximum absolute atomic E-state index is 12.6. The van der Waals surface area contributed by atoms with E-state index in [9.17, 15) is 9.59 Å². The number of aromatic nitrogens is 2. The predicted molar refractivity (Wildman–Crippen MR) is 91.6 cm³/mol. The van der Waals surface area contributed by atoms with Gasteiger partial charge in [0, 0.05) is 50.2 Å². The van der Waals surface area contributed by atoms with Crippen LogP contribution < -0.4 is 5.32 Å². The number of nitrogens with zero attached hydrogens (tertiary/aromatic N) is 3. The first-order chi connectivity index (χ1) is 11.6. The Morgan fingerprint density at radius 1 is 1.21 bits per heavy atom. The van der Waals surface area contributed by atoms with Crippen LogP contribution in [0.15, 0.2) is 42.7 Å². The third kappa shape index (κ3) is 4.01. The van der Waals surface area contributed by atoms with Crippen molar-refractivity contribution in [3.63, 3.8) is 0 Å². The van der Waals surface area contributed by atoms with E-state index in [-0.39, 0.29) is 11.8 Å². The third-order valence-electron chi connectivity index (χ3n) is 4.36. The maximum Gasteiger partial charge on any atom is 0.253 e. The van der Waals surface area contributed by atoms with E-state index in [1.54, 1.807) is 30.5 Å². The molecule has 0 saturated carbocycles. The van der Waals surface area contributed by atoms with Crippen LogP contribution in [0.25, 0.3) is 0 Å². The first kappa shape index (κ1) is 16.2. The van der Waals surface area contributed by atoms with Gasteiger partial charge in [-0.25, -0.2) is 0 Å². The molecule has 3 rings (SSSR count). The second-order valence-corrected chi connectivity index (χ2v) is 6.22. The van der Waals surface area contributed by atoms with Gasteiger partial charge in [0.25, 0.3) is 5.91 Å². The number of nitrogens with one attached hydrogen (secondary N) is 1. The highest BCUT2D eigenvalue weighted by atomic mass is 16.2. The van der Waals surface area contributed by atoms with E-state index in [1.807, 2.05) is 21.8 Å². The molecular formula is C18H22N4O2. The van der Waals surface area contributed by atoms with Crippen molar-refractivity contribution in [2.75, 3.05) is 18.4 Å². The molecule has 0 spiro atoms. The molecule has 2 amide bonds. The van der Waals surface area contributed by atoms with E-state index in [2.05, 4.69) is 10.4 Å². The highest BCUT2D eigenvalue weighted by Crippen LogP contribution is 2.21. The molecule has 126 valence electrons. The lowest BCUT2D eigenvalue weighted by molar-refractivity contribution is -0.114. The fourth-order valence-corrected chi connectivity index (χ4v) is 3.07. The Labute approximate surface area is 141 Å². The molecule has 1 aliphatic rings. The molecule has 1 fully saturated rings. The lowest BCUT2D eigenvalue weighted by Gasteiger charge is -2.32. The van der Waals surface area contributed by atoms with Crippen LogP contribution >= 0.6 is 0 Å². The van der Waals surface area contributed by atoms with Crippen molar-refractivity contribution < 1.29 is 9.59 Å². The number of anilines is 1. The lowest BCUT2D eigenvalue weighted by Crippen LogP contribution is -2.39. The zero-order chi connectivity index (χ0) is 16.9. The first-order valence-corrected chi connectivity index (χ1v) is 8.26. The number of rotatable bonds is 4. The molecule has 2 aromatic rings. The van der Waals surface area contributed by atoms with Gasteiger partial charge in [-0.15, -0.1) is 0 Å². The van der Waals surface area contributed by atoms with E-state index in [1.165, 1.54) is 6.92 Å². The molecule has 0 unspecified atom stereocenters. The van der Waals surface area contributed by atoms with Gasteiger partial charge in [0.2, 0.25) is 5.91 Å². The van der Waals surface area contributed by atoms with Gasteiger partial charge in [-0.05, 0) is 49.1 Å². The Kier molecular flexibility index (Phi) is 4.93. The zero-order valence-corrected chi connectivity index (χ0v) is 13.8. The number of amides is 2. The van der Waals surface area contributed by atoms with E-state index in [0.29, 0.717) is 17.2 Å². The molecule has 1 aromatic heterocycles. The fraction of sp³-hybridized carbons (Fsp3) is 0.389. The van der Waals surface area contributed by atoms with Crippen LogP contribution in [0.5, 0.6) is 0 Å². The molecule has 24 heavy (non-hydrogen) atoms. The molecule has 6 heteroatoms. The molecule has 0 aliphatic carbocycles. The van der Waals surface area contributed by atoms with E-state index >= 15 is 0 Å². The SMILES string of the molecule is CC(=O)Nc1ccc(C(=O)N2CCC(Cn3cccn3)CC2)cc1. The number of likely N-dealkylation sites (tertiary alicyclic amines) is 1. The minimum absolute atomic E-state index is 0.0573. The number of hydrogen-bond donors (Lipinski definition) is 1. The number of piperidine rings is 1. The summed E-state index contributed by atoms with van der Waals surface area (Å²) in [5, 5.41) is 6.95. The second kappa shape index (κ2) is 7.29. The largest absolute Gasteiger partial charge is 0.339 e. The van der Waals surface area contributed by atoms with Crippen molar-refractivity contribution in [3.8, 4) is 0 Å². The lowest BCUT2D eigenvalue weighted by atomic mass is 9.96. The number of carbonyl (C=O) groups excluding carboxylic acids is 2. The average Bonchev–Trinajstić information content (AvgIpc) is 3.08. The summed E-state index contributed by atoms with van der Waals surface area (Å²) in [5.41, 5.74) is 1.37. The number of benzene rings is 1. The van der Waals surface area contributed by atoms with Gasteiger partial charge in [-0.1, -0.05) is 0 Å². The van der Waals surface area contributed by atoms with Crippen molar-refractivity contribution >= 4 is 17.5 Å². The van der Waals surface area contributed by atoms with Crippen molar-refractivity contribution in [3.05, 3.63) is 48.3 Å². The maximum atomic E-state index is 12.6. The smallest absolute Gasteiger partial charge is 0.253 e. The topological polar surface area (TPSA) is 67.2 Å².